The van der Waals surface area contributed by atoms with Gasteiger partial charge in [-0.2, -0.15) is 0 Å². The van der Waals surface area contributed by atoms with Crippen LogP contribution in [0.4, 0.5) is 0 Å². The Kier molecular flexibility index (Phi) is 5.06. The van der Waals surface area contributed by atoms with Crippen molar-refractivity contribution < 1.29 is 9.90 Å². The molecule has 0 aromatic rings. The Morgan fingerprint density at radius 2 is 1.81 bits per heavy atom. The lowest BCUT2D eigenvalue weighted by Crippen LogP contribution is -2.41. The van der Waals surface area contributed by atoms with E-state index in [9.17, 15) is 4.79 Å². The van der Waals surface area contributed by atoms with Crippen molar-refractivity contribution in [2.24, 2.45) is 40.4 Å². The molecule has 0 heterocycles. The van der Waals surface area contributed by atoms with Gasteiger partial charge in [-0.15, -0.1) is 0 Å². The van der Waals surface area contributed by atoms with Crippen molar-refractivity contribution in [1.82, 2.24) is 0 Å². The molecule has 1 N–H and O–H groups in total. The van der Waals surface area contributed by atoms with Gasteiger partial charge in [0.15, 0.2) is 0 Å². The van der Waals surface area contributed by atoms with E-state index in [4.69, 9.17) is 5.11 Å². The van der Waals surface area contributed by atoms with Gasteiger partial charge in [0, 0.05) is 5.57 Å². The van der Waals surface area contributed by atoms with Crippen molar-refractivity contribution in [2.45, 2.75) is 85.0 Å². The van der Waals surface area contributed by atoms with E-state index in [1.165, 1.54) is 51.4 Å². The smallest absolute Gasteiger partial charge is 0.331 e. The summed E-state index contributed by atoms with van der Waals surface area (Å²) in [4.78, 5) is 10.5. The van der Waals surface area contributed by atoms with Gasteiger partial charge in [0.25, 0.3) is 0 Å². The fourth-order valence-electron chi connectivity index (χ4n) is 7.03. The second kappa shape index (κ2) is 7.08. The second-order valence-electron chi connectivity index (χ2n) is 10.9. The molecule has 4 bridgehead atoms. The predicted molar refractivity (Wildman–Crippen MR) is 110 cm³/mol. The Morgan fingerprint density at radius 3 is 2.22 bits per heavy atom. The summed E-state index contributed by atoms with van der Waals surface area (Å²) in [6, 6.07) is 0. The highest BCUT2D eigenvalue weighted by Gasteiger charge is 2.53. The van der Waals surface area contributed by atoms with Crippen LogP contribution in [0, 0.1) is 40.4 Å². The maximum absolute atomic E-state index is 10.5. The minimum atomic E-state index is -0.702. The highest BCUT2D eigenvalue weighted by molar-refractivity contribution is 5.88. The van der Waals surface area contributed by atoms with Gasteiger partial charge >= 0.3 is 5.97 Å². The molecule has 0 aliphatic heterocycles. The molecule has 3 saturated carbocycles. The summed E-state index contributed by atoms with van der Waals surface area (Å²) in [5, 5.41) is 8.67. The normalized spacial score (nSPS) is 42.0. The van der Waals surface area contributed by atoms with E-state index in [2.05, 4.69) is 32.9 Å². The average molecular weight is 371 g/mol. The van der Waals surface area contributed by atoms with Gasteiger partial charge in [0.2, 0.25) is 0 Å². The fraction of sp³-hybridized carbons (Fsp3) is 0.800. The zero-order valence-corrected chi connectivity index (χ0v) is 17.5. The maximum Gasteiger partial charge on any atom is 0.331 e. The highest BCUT2D eigenvalue weighted by Crippen LogP contribution is 2.63. The zero-order valence-electron chi connectivity index (χ0n) is 17.5. The van der Waals surface area contributed by atoms with Crippen LogP contribution in [0.1, 0.15) is 85.0 Å². The molecule has 4 atom stereocenters. The van der Waals surface area contributed by atoms with Crippen LogP contribution in [0.5, 0.6) is 0 Å². The first-order valence-electron chi connectivity index (χ1n) is 11.4. The number of rotatable bonds is 3. The third-order valence-electron chi connectivity index (χ3n) is 9.17. The van der Waals surface area contributed by atoms with Crippen molar-refractivity contribution in [3.05, 3.63) is 23.8 Å². The van der Waals surface area contributed by atoms with Crippen molar-refractivity contribution in [3.8, 4) is 0 Å². The van der Waals surface area contributed by atoms with E-state index < -0.39 is 5.97 Å². The molecule has 5 aliphatic carbocycles. The van der Waals surface area contributed by atoms with Crippen molar-refractivity contribution >= 4 is 5.97 Å². The lowest BCUT2D eigenvalue weighted by atomic mass is 9.55. The standard InChI is InChI=1S/C17H28.C8H10O2/c1-13-4-6-15(7-5-13)16(2,3)17-10-8-14(12-17)9-11-17;9-8(10)7-4-5-1-2-6(7)3-5/h8,10,13-15H,4-7,9,11-12H2,1-3H3;4-6H,1-3H2,(H,9,10). The molecule has 0 saturated heterocycles. The number of hydrogen-bond acceptors (Lipinski definition) is 1. The van der Waals surface area contributed by atoms with Crippen LogP contribution in [0.3, 0.4) is 0 Å². The fourth-order valence-corrected chi connectivity index (χ4v) is 7.03. The Bertz CT molecular complexity index is 635. The molecule has 0 amide bonds. The Balaban J connectivity index is 0.000000153. The van der Waals surface area contributed by atoms with Crippen LogP contribution in [-0.4, -0.2) is 11.1 Å². The van der Waals surface area contributed by atoms with Crippen LogP contribution < -0.4 is 0 Å². The molecular weight excluding hydrogens is 332 g/mol. The molecular formula is C25H38O2. The average Bonchev–Trinajstić information content (AvgIpc) is 3.43. The molecule has 0 radical (unpaired) electrons. The molecule has 4 unspecified atom stereocenters. The molecule has 0 spiro atoms. The molecule has 2 heteroatoms. The van der Waals surface area contributed by atoms with Gasteiger partial charge in [-0.1, -0.05) is 51.8 Å². The van der Waals surface area contributed by atoms with Gasteiger partial charge in [0.1, 0.15) is 0 Å². The van der Waals surface area contributed by atoms with E-state index in [1.807, 2.05) is 6.08 Å². The lowest BCUT2D eigenvalue weighted by Gasteiger charge is -2.49. The number of carboxylic acids is 1. The van der Waals surface area contributed by atoms with Crippen molar-refractivity contribution in [1.29, 1.82) is 0 Å². The second-order valence-corrected chi connectivity index (χ2v) is 10.9. The minimum Gasteiger partial charge on any atom is -0.478 e. The summed E-state index contributed by atoms with van der Waals surface area (Å²) >= 11 is 0. The van der Waals surface area contributed by atoms with Gasteiger partial charge in [-0.3, -0.25) is 0 Å². The quantitative estimate of drug-likeness (QED) is 0.567. The molecule has 0 aromatic carbocycles. The third kappa shape index (κ3) is 3.42. The van der Waals surface area contributed by atoms with E-state index in [0.29, 0.717) is 28.2 Å². The third-order valence-corrected chi connectivity index (χ3v) is 9.17. The summed E-state index contributed by atoms with van der Waals surface area (Å²) in [5.74, 6) is 3.16. The topological polar surface area (TPSA) is 37.3 Å². The lowest BCUT2D eigenvalue weighted by molar-refractivity contribution is -0.133. The number of aliphatic carboxylic acids is 1. The van der Waals surface area contributed by atoms with Gasteiger partial charge < -0.3 is 5.11 Å². The van der Waals surface area contributed by atoms with Gasteiger partial charge in [0.05, 0.1) is 0 Å². The van der Waals surface area contributed by atoms with E-state index in [1.54, 1.807) is 0 Å². The maximum atomic E-state index is 10.5. The number of carboxylic acid groups (broad SMARTS) is 1. The summed E-state index contributed by atoms with van der Waals surface area (Å²) in [6.07, 6.45) is 20.8. The SMILES string of the molecule is CC1CCC(C(C)(C)C23C=CC(CC2)C3)CC1.O=C(O)C1=CC2CCC1C2. The van der Waals surface area contributed by atoms with Gasteiger partial charge in [-0.25, -0.2) is 4.79 Å². The van der Waals surface area contributed by atoms with Crippen LogP contribution in [0.25, 0.3) is 0 Å². The van der Waals surface area contributed by atoms with Crippen molar-refractivity contribution in [2.75, 3.05) is 0 Å². The highest BCUT2D eigenvalue weighted by atomic mass is 16.4. The summed E-state index contributed by atoms with van der Waals surface area (Å²) < 4.78 is 0. The first kappa shape index (κ1) is 19.3. The molecule has 27 heavy (non-hydrogen) atoms. The molecule has 3 fully saturated rings. The largest absolute Gasteiger partial charge is 0.478 e. The van der Waals surface area contributed by atoms with Crippen LogP contribution in [0.15, 0.2) is 23.8 Å². The first-order valence-corrected chi connectivity index (χ1v) is 11.4. The van der Waals surface area contributed by atoms with E-state index in [0.717, 1.165) is 30.6 Å². The van der Waals surface area contributed by atoms with E-state index >= 15 is 0 Å². The van der Waals surface area contributed by atoms with Crippen LogP contribution in [0.2, 0.25) is 0 Å². The van der Waals surface area contributed by atoms with Crippen LogP contribution >= 0.6 is 0 Å². The molecule has 0 aromatic heterocycles. The number of hydrogen-bond donors (Lipinski definition) is 1. The Labute approximate surface area is 165 Å². The van der Waals surface area contributed by atoms with E-state index in [-0.39, 0.29) is 0 Å². The molecule has 150 valence electrons. The van der Waals surface area contributed by atoms with Crippen molar-refractivity contribution in [3.63, 3.8) is 0 Å². The summed E-state index contributed by atoms with van der Waals surface area (Å²) in [6.45, 7) is 7.58. The Morgan fingerprint density at radius 1 is 1.07 bits per heavy atom. The number of allylic oxidation sites excluding steroid dienone is 3. The summed E-state index contributed by atoms with van der Waals surface area (Å²) in [7, 11) is 0. The zero-order chi connectivity index (χ0) is 19.2. The minimum absolute atomic E-state index is 0.391. The molecule has 5 rings (SSSR count). The number of fused-ring (bicyclic) bond motifs is 4. The first-order chi connectivity index (χ1) is 12.8. The van der Waals surface area contributed by atoms with Gasteiger partial charge in [-0.05, 0) is 91.8 Å². The summed E-state index contributed by atoms with van der Waals surface area (Å²) in [5.41, 5.74) is 1.79. The molecule has 2 nitrogen and oxygen atoms in total. The number of carbonyl (C=O) groups is 1. The predicted octanol–water partition coefficient (Wildman–Crippen LogP) is 6.62. The molecule has 5 aliphatic rings. The Hall–Kier alpha value is -1.05. The monoisotopic (exact) mass is 370 g/mol. The van der Waals surface area contributed by atoms with Crippen LogP contribution in [-0.2, 0) is 4.79 Å².